The number of aromatic nitrogens is 1. The van der Waals surface area contributed by atoms with Gasteiger partial charge in [0, 0.05) is 55.3 Å². The summed E-state index contributed by atoms with van der Waals surface area (Å²) in [5, 5.41) is 6.95. The van der Waals surface area contributed by atoms with Gasteiger partial charge in [0.05, 0.1) is 17.1 Å². The van der Waals surface area contributed by atoms with Crippen LogP contribution >= 0.6 is 0 Å². The van der Waals surface area contributed by atoms with E-state index in [1.807, 2.05) is 0 Å². The van der Waals surface area contributed by atoms with Crippen molar-refractivity contribution in [3.8, 4) is 16.8 Å². The SMILES string of the molecule is C1=CC2c3ccccc3N(c3ccc4oc5ccc(-c6ccc7oc8ccc(-n9c%10ccccc%10c%10ccccc%109)cc8c7c6)cc5c4c3)C2C=C1. The second kappa shape index (κ2) is 10.4. The Balaban J connectivity index is 0.986. The Bertz CT molecular complexity index is 3120. The zero-order chi connectivity index (χ0) is 33.9. The van der Waals surface area contributed by atoms with Crippen LogP contribution < -0.4 is 4.90 Å². The molecule has 1 aliphatic carbocycles. The predicted octanol–water partition coefficient (Wildman–Crippen LogP) is 13.0. The second-order valence-corrected chi connectivity index (χ2v) is 14.1. The molecule has 0 bridgehead atoms. The van der Waals surface area contributed by atoms with E-state index in [1.54, 1.807) is 0 Å². The van der Waals surface area contributed by atoms with E-state index in [-0.39, 0.29) is 6.04 Å². The van der Waals surface area contributed by atoms with Crippen LogP contribution in [0.1, 0.15) is 11.5 Å². The van der Waals surface area contributed by atoms with Gasteiger partial charge < -0.3 is 18.3 Å². The van der Waals surface area contributed by atoms with Gasteiger partial charge >= 0.3 is 0 Å². The molecular formula is C48H30N2O2. The standard InChI is InChI=1S/C48H30N2O2/c1-5-13-41-33(9-1)34-10-2-6-14-42(34)49(41)31-19-23-47-39(27-31)37-25-29(17-21-45(37)51-47)30-18-22-46-38(26-30)40-28-32(20-24-48(40)52-46)50-43-15-7-3-11-35(43)36-12-4-8-16-44(36)50/h1-28,33,41H. The maximum Gasteiger partial charge on any atom is 0.135 e. The van der Waals surface area contributed by atoms with Crippen LogP contribution in [0.2, 0.25) is 0 Å². The molecular weight excluding hydrogens is 637 g/mol. The molecule has 12 rings (SSSR count). The first kappa shape index (κ1) is 28.0. The summed E-state index contributed by atoms with van der Waals surface area (Å²) in [4.78, 5) is 2.48. The molecule has 0 saturated heterocycles. The van der Waals surface area contributed by atoms with Gasteiger partial charge in [0.15, 0.2) is 0 Å². The summed E-state index contributed by atoms with van der Waals surface area (Å²) in [6.45, 7) is 0. The lowest BCUT2D eigenvalue weighted by Crippen LogP contribution is -2.28. The van der Waals surface area contributed by atoms with Crippen LogP contribution in [-0.4, -0.2) is 10.6 Å². The van der Waals surface area contributed by atoms with E-state index in [9.17, 15) is 0 Å². The summed E-state index contributed by atoms with van der Waals surface area (Å²) in [7, 11) is 0. The fraction of sp³-hybridized carbons (Fsp3) is 0.0417. The fourth-order valence-corrected chi connectivity index (χ4v) is 8.97. The summed E-state index contributed by atoms with van der Waals surface area (Å²) >= 11 is 0. The first-order valence-electron chi connectivity index (χ1n) is 17.9. The van der Waals surface area contributed by atoms with Crippen molar-refractivity contribution in [2.24, 2.45) is 0 Å². The van der Waals surface area contributed by atoms with Crippen molar-refractivity contribution in [1.29, 1.82) is 0 Å². The molecule has 0 radical (unpaired) electrons. The number of furan rings is 2. The molecule has 0 spiro atoms. The van der Waals surface area contributed by atoms with Gasteiger partial charge in [0.1, 0.15) is 22.3 Å². The second-order valence-electron chi connectivity index (χ2n) is 14.1. The molecule has 4 nitrogen and oxygen atoms in total. The minimum atomic E-state index is 0.251. The van der Waals surface area contributed by atoms with Crippen LogP contribution in [0.3, 0.4) is 0 Å². The van der Waals surface area contributed by atoms with E-state index < -0.39 is 0 Å². The van der Waals surface area contributed by atoms with Crippen molar-refractivity contribution in [1.82, 2.24) is 4.57 Å². The van der Waals surface area contributed by atoms with Crippen molar-refractivity contribution in [2.45, 2.75) is 12.0 Å². The van der Waals surface area contributed by atoms with Crippen molar-refractivity contribution in [3.63, 3.8) is 0 Å². The monoisotopic (exact) mass is 666 g/mol. The molecule has 0 fully saturated rings. The third-order valence-corrected chi connectivity index (χ3v) is 11.3. The lowest BCUT2D eigenvalue weighted by molar-refractivity contribution is 0.668. The summed E-state index contributed by atoms with van der Waals surface area (Å²) in [5.74, 6) is 0.344. The fourth-order valence-electron chi connectivity index (χ4n) is 8.97. The van der Waals surface area contributed by atoms with E-state index in [0.29, 0.717) is 5.92 Å². The number of benzene rings is 7. The summed E-state index contributed by atoms with van der Waals surface area (Å²) < 4.78 is 15.2. The molecule has 0 saturated carbocycles. The number of fused-ring (bicyclic) bond motifs is 12. The van der Waals surface area contributed by atoms with E-state index in [2.05, 4.69) is 179 Å². The van der Waals surface area contributed by atoms with Gasteiger partial charge in [-0.3, -0.25) is 0 Å². The molecule has 2 unspecified atom stereocenters. The van der Waals surface area contributed by atoms with Crippen LogP contribution in [0, 0.1) is 0 Å². The minimum absolute atomic E-state index is 0.251. The Morgan fingerprint density at radius 1 is 0.423 bits per heavy atom. The summed E-state index contributed by atoms with van der Waals surface area (Å²) in [6, 6.07) is 52.6. The van der Waals surface area contributed by atoms with Crippen molar-refractivity contribution >= 4 is 77.1 Å². The number of rotatable bonds is 3. The Labute approximate surface area is 298 Å². The molecule has 4 heteroatoms. The largest absolute Gasteiger partial charge is 0.456 e. The van der Waals surface area contributed by atoms with E-state index in [1.165, 1.54) is 38.7 Å². The normalized spacial score (nSPS) is 16.7. The van der Waals surface area contributed by atoms with E-state index in [0.717, 1.165) is 60.7 Å². The summed E-state index contributed by atoms with van der Waals surface area (Å²) in [6.07, 6.45) is 8.99. The highest BCUT2D eigenvalue weighted by Gasteiger charge is 2.37. The molecule has 2 aliphatic rings. The zero-order valence-corrected chi connectivity index (χ0v) is 28.0. The lowest BCUT2D eigenvalue weighted by atomic mass is 9.91. The van der Waals surface area contributed by atoms with Gasteiger partial charge in [-0.15, -0.1) is 0 Å². The Morgan fingerprint density at radius 3 is 1.62 bits per heavy atom. The van der Waals surface area contributed by atoms with Crippen molar-refractivity contribution in [3.05, 3.63) is 175 Å². The molecule has 0 N–H and O–H groups in total. The van der Waals surface area contributed by atoms with Crippen LogP contribution in [0.4, 0.5) is 11.4 Å². The molecule has 2 atom stereocenters. The maximum absolute atomic E-state index is 6.40. The highest BCUT2D eigenvalue weighted by molar-refractivity contribution is 6.12. The van der Waals surface area contributed by atoms with Gasteiger partial charge in [-0.2, -0.15) is 0 Å². The first-order valence-corrected chi connectivity index (χ1v) is 17.9. The number of para-hydroxylation sites is 3. The molecule has 52 heavy (non-hydrogen) atoms. The van der Waals surface area contributed by atoms with E-state index >= 15 is 0 Å². The Kier molecular flexibility index (Phi) is 5.58. The predicted molar refractivity (Wildman–Crippen MR) is 214 cm³/mol. The van der Waals surface area contributed by atoms with Crippen LogP contribution in [-0.2, 0) is 0 Å². The molecule has 244 valence electrons. The zero-order valence-electron chi connectivity index (χ0n) is 28.0. The van der Waals surface area contributed by atoms with Crippen LogP contribution in [0.15, 0.2) is 179 Å². The third kappa shape index (κ3) is 3.86. The third-order valence-electron chi connectivity index (χ3n) is 11.3. The highest BCUT2D eigenvalue weighted by atomic mass is 16.3. The van der Waals surface area contributed by atoms with Crippen molar-refractivity contribution in [2.75, 3.05) is 4.90 Å². The number of anilines is 2. The minimum Gasteiger partial charge on any atom is -0.456 e. The van der Waals surface area contributed by atoms with Crippen LogP contribution in [0.5, 0.6) is 0 Å². The number of hydrogen-bond donors (Lipinski definition) is 0. The highest BCUT2D eigenvalue weighted by Crippen LogP contribution is 2.48. The maximum atomic E-state index is 6.40. The average molecular weight is 667 g/mol. The Hall–Kier alpha value is -6.78. The molecule has 0 amide bonds. The van der Waals surface area contributed by atoms with Gasteiger partial charge in [-0.25, -0.2) is 0 Å². The van der Waals surface area contributed by atoms with Crippen molar-refractivity contribution < 1.29 is 8.83 Å². The molecule has 7 aromatic carbocycles. The Morgan fingerprint density at radius 2 is 0.942 bits per heavy atom. The quantitative estimate of drug-likeness (QED) is 0.188. The van der Waals surface area contributed by atoms with Gasteiger partial charge in [-0.1, -0.05) is 91.0 Å². The number of nitrogens with zero attached hydrogens (tertiary/aromatic N) is 2. The average Bonchev–Trinajstić information content (AvgIpc) is 3.94. The van der Waals surface area contributed by atoms with E-state index in [4.69, 9.17) is 8.83 Å². The number of allylic oxidation sites excluding steroid dienone is 2. The van der Waals surface area contributed by atoms with Gasteiger partial charge in [0.25, 0.3) is 0 Å². The smallest absolute Gasteiger partial charge is 0.135 e. The lowest BCUT2D eigenvalue weighted by Gasteiger charge is -2.28. The molecule has 3 aromatic heterocycles. The first-order chi connectivity index (χ1) is 25.8. The van der Waals surface area contributed by atoms with Gasteiger partial charge in [0.2, 0.25) is 0 Å². The summed E-state index contributed by atoms with van der Waals surface area (Å²) in [5.41, 5.74) is 13.2. The topological polar surface area (TPSA) is 34.5 Å². The molecule has 1 aliphatic heterocycles. The number of hydrogen-bond acceptors (Lipinski definition) is 3. The van der Waals surface area contributed by atoms with Gasteiger partial charge in [-0.05, 0) is 95.6 Å². The van der Waals surface area contributed by atoms with Crippen LogP contribution in [0.25, 0.3) is 82.5 Å². The molecule has 4 heterocycles. The molecule has 10 aromatic rings.